The number of aliphatic carboxylic acids is 1. The normalized spacial score (nSPS) is 12.3. The van der Waals surface area contributed by atoms with Gasteiger partial charge in [0.05, 0.1) is 101 Å². The number of fused-ring (bicyclic) bond motifs is 5. The number of carboxylic acids is 1. The average molecular weight is 2130 g/mol. The maximum absolute atomic E-state index is 12.2. The van der Waals surface area contributed by atoms with Gasteiger partial charge in [-0.1, -0.05) is 45.5 Å². The second kappa shape index (κ2) is 63.8. The molecule has 7 amide bonds. The molecule has 0 aliphatic carbocycles. The Balaban J connectivity index is 0. The van der Waals surface area contributed by atoms with Crippen LogP contribution >= 0.6 is 27.5 Å². The Morgan fingerprint density at radius 3 is 1.01 bits per heavy atom. The SMILES string of the molecule is C#CCBr.C#CCN.C#CCN(CC#C)C(=O)OC(C)(C)C.C#CCNC(=O)OC(C)(C)C.CC(C)(C)OC(=O)N1Cc2cnc(C=C(F)F)cc2C1.CC(C)(C)OC(=O)N1Cc2cnc(C=C(F)F)cc2C1.CC(C)(C)OC(=O)N1Cc2cnc(C=O)cc2C1.CC(C)(C)OC(=O)N1Cc2cnc(CO)cc2C1.CCOC(=O)C#N.CCOC(=O)c1cc2c(cn1)CN(C(=O)OC(C)(C)C)C2.O=C([O-])C(F)(F)Cl.[Na+]. The van der Waals surface area contributed by atoms with E-state index in [4.69, 9.17) is 89.6 Å². The molecule has 0 unspecified atom stereocenters. The van der Waals surface area contributed by atoms with E-state index in [0.717, 1.165) is 55.6 Å². The van der Waals surface area contributed by atoms with Crippen molar-refractivity contribution >= 4 is 107 Å². The van der Waals surface area contributed by atoms with Gasteiger partial charge >= 0.3 is 89.5 Å². The van der Waals surface area contributed by atoms with Gasteiger partial charge in [-0.2, -0.15) is 31.6 Å². The minimum absolute atomic E-state index is 0. The summed E-state index contributed by atoms with van der Waals surface area (Å²) in [7, 11) is 0. The fraction of sp³-hybridized carbons (Fsp3) is 0.490. The van der Waals surface area contributed by atoms with Crippen molar-refractivity contribution in [3.05, 3.63) is 158 Å². The number of esters is 2. The summed E-state index contributed by atoms with van der Waals surface area (Å²) in [6, 6.07) is 9.67. The summed E-state index contributed by atoms with van der Waals surface area (Å²) >= 11 is 6.88. The molecule has 0 saturated carbocycles. The monoisotopic (exact) mass is 2130 g/mol. The van der Waals surface area contributed by atoms with Crippen LogP contribution in [0.4, 0.5) is 59.9 Å². The maximum atomic E-state index is 12.2. The van der Waals surface area contributed by atoms with E-state index in [1.807, 2.05) is 68.4 Å². The van der Waals surface area contributed by atoms with Crippen LogP contribution in [0.5, 0.6) is 0 Å². The topological polar surface area (TPSA) is 460 Å². The summed E-state index contributed by atoms with van der Waals surface area (Å²) in [5.41, 5.74) is 12.0. The number of ether oxygens (including phenoxy) is 9. The number of aliphatic hydroxyl groups excluding tert-OH is 1. The summed E-state index contributed by atoms with van der Waals surface area (Å²) in [4.78, 5) is 152. The van der Waals surface area contributed by atoms with Gasteiger partial charge in [-0.25, -0.2) is 48.1 Å². The quantitative estimate of drug-likeness (QED) is 0.0162. The van der Waals surface area contributed by atoms with Gasteiger partial charge < -0.3 is 68.7 Å². The number of carbonyl (C=O) groups excluding carboxylic acids is 11. The van der Waals surface area contributed by atoms with Crippen molar-refractivity contribution in [2.75, 3.05) is 44.7 Å². The summed E-state index contributed by atoms with van der Waals surface area (Å²) in [5, 5.41) is 24.6. The van der Waals surface area contributed by atoms with Crippen molar-refractivity contribution in [2.24, 2.45) is 5.73 Å². The predicted octanol–water partition coefficient (Wildman–Crippen LogP) is 13.5. The maximum Gasteiger partial charge on any atom is 1.00 e. The summed E-state index contributed by atoms with van der Waals surface area (Å²) in [6.45, 7) is 47.1. The van der Waals surface area contributed by atoms with Crippen LogP contribution in [0, 0.1) is 73.1 Å². The van der Waals surface area contributed by atoms with Gasteiger partial charge in [-0.15, -0.1) is 32.1 Å². The minimum Gasteiger partial charge on any atom is -0.543 e. The summed E-state index contributed by atoms with van der Waals surface area (Å²) in [6.07, 6.45) is 28.2. The number of nitrogens with zero attached hydrogens (tertiary/aromatic N) is 12. The molecule has 5 aromatic rings. The number of hydrogen-bond donors (Lipinski definition) is 3. The standard InChI is InChI=1S/C15H20N2O4.2C14H16F2N2O2.C13H18N2O3.C13H16N2O3.C11H15NO2.C8H13NO2.C4H5NO2.C3H3Br.C3H5N.C2HClF2O2.Na/c1-5-20-13(18)12-6-10-8-17(9-11(10)7-16-12)14(19)21-15(2,3)4;2*1-14(2,3)20-13(19)18-7-9-4-11(5-12(15)16)17-6-10(9)8-18;2*1-13(2,3)18-12(17)15-6-9-4-11(8-16)14-5-10(9)7-15;1-6-8-12(9-7-2)10(13)14-11(3,4)5;1-5-6-9-7(10)11-8(2,3)4;1-2-7-4(6)3-5;2*1-2-3-4;3-2(4,5)1(6)7;/h6-7H,5,8-9H2,1-4H3;2*4-6H,7-8H2,1-3H3;4-5,16H,6-8H2,1-3H3;4-5,8H,6-7H2,1-3H3;1-2H,8-9H2,3-5H3;1H,6H2,2-4H3,(H,9,10);2H2,1H3;1H,3H2;1H,3-4H2;(H,6,7);/q;;;;;;;;;;;+1/p-1. The number of aromatic nitrogens is 5. The van der Waals surface area contributed by atoms with Crippen LogP contribution in [-0.2, 0) is 124 Å². The number of alkyl carbamates (subject to hydrolysis) is 1. The van der Waals surface area contributed by atoms with E-state index in [1.54, 1.807) is 154 Å². The third-order valence-corrected chi connectivity index (χ3v) is 16.9. The molecule has 0 saturated heterocycles. The number of amides is 7. The third-order valence-electron chi connectivity index (χ3n) is 16.4. The van der Waals surface area contributed by atoms with E-state index in [-0.39, 0.29) is 97.8 Å². The number of pyridine rings is 5. The van der Waals surface area contributed by atoms with Crippen molar-refractivity contribution < 1.29 is 161 Å². The predicted molar refractivity (Wildman–Crippen MR) is 523 cm³/mol. The Hall–Kier alpha value is -13.2. The van der Waals surface area contributed by atoms with Crippen LogP contribution < -0.4 is 45.7 Å². The fourth-order valence-electron chi connectivity index (χ4n) is 11.0. The molecule has 0 aromatic carbocycles. The van der Waals surface area contributed by atoms with Crippen LogP contribution in [0.2, 0.25) is 0 Å². The van der Waals surface area contributed by atoms with E-state index in [2.05, 4.69) is 98.5 Å². The zero-order valence-electron chi connectivity index (χ0n) is 86.1. The molecule has 45 heteroatoms. The number of nitrogens with two attached hydrogens (primary N) is 1. The van der Waals surface area contributed by atoms with Crippen LogP contribution in [0.1, 0.15) is 253 Å². The smallest absolute Gasteiger partial charge is 0.543 e. The number of carboxylic acid groups (broad SMARTS) is 1. The molecule has 36 nitrogen and oxygen atoms in total. The molecular formula is C100H127BrClF6N14NaO22. The van der Waals surface area contributed by atoms with Crippen LogP contribution in [0.25, 0.3) is 12.2 Å². The van der Waals surface area contributed by atoms with Crippen LogP contribution in [0.15, 0.2) is 73.5 Å². The molecule has 0 bridgehead atoms. The number of terminal acetylenes is 5. The summed E-state index contributed by atoms with van der Waals surface area (Å²) in [5.74, 6) is 7.69. The van der Waals surface area contributed by atoms with Gasteiger partial charge in [-0.05, 0) is 257 Å². The third kappa shape index (κ3) is 58.3. The van der Waals surface area contributed by atoms with Gasteiger partial charge in [0.2, 0.25) is 0 Å². The molecule has 145 heavy (non-hydrogen) atoms. The molecule has 0 radical (unpaired) electrons. The molecular weight excluding hydrogens is 2000 g/mol. The molecule has 5 aliphatic rings. The molecule has 10 rings (SSSR count). The number of nitriles is 1. The van der Waals surface area contributed by atoms with Crippen molar-refractivity contribution in [1.82, 2.24) is 59.6 Å². The van der Waals surface area contributed by atoms with E-state index in [0.29, 0.717) is 114 Å². The van der Waals surface area contributed by atoms with E-state index in [9.17, 15) is 74.3 Å². The molecule has 5 aromatic heterocycles. The molecule has 10 heterocycles. The zero-order chi connectivity index (χ0) is 111. The Labute approximate surface area is 879 Å². The van der Waals surface area contributed by atoms with Gasteiger partial charge in [0.1, 0.15) is 56.6 Å². The molecule has 5 aliphatic heterocycles. The number of alkyl halides is 4. The van der Waals surface area contributed by atoms with Crippen molar-refractivity contribution in [2.45, 2.75) is 276 Å². The Morgan fingerprint density at radius 1 is 0.476 bits per heavy atom. The van der Waals surface area contributed by atoms with Crippen LogP contribution in [0.3, 0.4) is 0 Å². The van der Waals surface area contributed by atoms with E-state index < -0.39 is 99.0 Å². The molecule has 786 valence electrons. The number of aliphatic hydroxyl groups is 1. The average Bonchev–Trinajstić information content (AvgIpc) is 1.88. The number of rotatable bonds is 11. The van der Waals surface area contributed by atoms with E-state index >= 15 is 0 Å². The first-order chi connectivity index (χ1) is 66.5. The Morgan fingerprint density at radius 2 is 0.759 bits per heavy atom. The van der Waals surface area contributed by atoms with Crippen molar-refractivity contribution in [3.8, 4) is 67.8 Å². The molecule has 0 fully saturated rings. The second-order valence-electron chi connectivity index (χ2n) is 37.1. The number of carbonyl (C=O) groups is 11. The first kappa shape index (κ1) is 134. The number of nitrogens with one attached hydrogen (secondary N) is 1. The number of halogens is 8. The van der Waals surface area contributed by atoms with Crippen molar-refractivity contribution in [1.29, 1.82) is 5.26 Å². The molecule has 0 atom stereocenters. The number of aldehydes is 1. The van der Waals surface area contributed by atoms with Gasteiger partial charge in [0.15, 0.2) is 12.4 Å². The van der Waals surface area contributed by atoms with Crippen molar-refractivity contribution in [3.63, 3.8) is 0 Å². The van der Waals surface area contributed by atoms with Crippen LogP contribution in [-0.4, -0.2) is 216 Å². The molecule has 0 spiro atoms. The first-order valence-corrected chi connectivity index (χ1v) is 45.3. The van der Waals surface area contributed by atoms with E-state index in [1.165, 1.54) is 33.2 Å². The van der Waals surface area contributed by atoms with Gasteiger partial charge in [0.25, 0.3) is 12.2 Å². The number of hydrogen-bond acceptors (Lipinski definition) is 29. The zero-order valence-corrected chi connectivity index (χ0v) is 90.5. The molecule has 4 N–H and O–H groups in total. The van der Waals surface area contributed by atoms with Gasteiger partial charge in [-0.3, -0.25) is 54.1 Å². The first-order valence-electron chi connectivity index (χ1n) is 43.8. The second-order valence-corrected chi connectivity index (χ2v) is 38.2. The fourth-order valence-corrected chi connectivity index (χ4v) is 11.0. The Kier molecular flexibility index (Phi) is 58.9. The summed E-state index contributed by atoms with van der Waals surface area (Å²) < 4.78 is 116. The van der Waals surface area contributed by atoms with Gasteiger partial charge in [0, 0.05) is 75.9 Å². The minimum atomic E-state index is -4.22. The Bertz CT molecular complexity index is 5370. The largest absolute Gasteiger partial charge is 1.00 e.